The van der Waals surface area contributed by atoms with Gasteiger partial charge in [-0.3, -0.25) is 0 Å². The van der Waals surface area contributed by atoms with E-state index in [0.29, 0.717) is 12.3 Å². The average Bonchev–Trinajstić information content (AvgIpc) is 2.19. The Labute approximate surface area is 96.4 Å². The second-order valence-electron chi connectivity index (χ2n) is 3.04. The van der Waals surface area contributed by atoms with Gasteiger partial charge >= 0.3 is 6.18 Å². The van der Waals surface area contributed by atoms with Gasteiger partial charge < -0.3 is 5.73 Å². The van der Waals surface area contributed by atoms with Crippen molar-refractivity contribution in [3.63, 3.8) is 0 Å². The molecule has 1 aromatic carbocycles. The molecule has 0 fully saturated rings. The summed E-state index contributed by atoms with van der Waals surface area (Å²) in [6.45, 7) is 0. The highest BCUT2D eigenvalue weighted by atomic mass is 35.5. The normalized spacial score (nSPS) is 10.8. The molecule has 0 aliphatic carbocycles. The van der Waals surface area contributed by atoms with Crippen molar-refractivity contribution in [2.45, 2.75) is 12.6 Å². The summed E-state index contributed by atoms with van der Waals surface area (Å²) in [6, 6.07) is 3.53. The zero-order valence-electron chi connectivity index (χ0n) is 8.24. The average molecular weight is 248 g/mol. The van der Waals surface area contributed by atoms with Crippen LogP contribution in [-0.2, 0) is 6.18 Å². The number of halogens is 4. The van der Waals surface area contributed by atoms with Crippen LogP contribution in [0.3, 0.4) is 0 Å². The fraction of sp³-hybridized carbons (Fsp3) is 0.273. The number of benzene rings is 1. The van der Waals surface area contributed by atoms with E-state index in [0.717, 1.165) is 6.07 Å². The van der Waals surface area contributed by atoms with Crippen molar-refractivity contribution < 1.29 is 13.2 Å². The predicted octanol–water partition coefficient (Wildman–Crippen LogP) is 3.27. The van der Waals surface area contributed by atoms with Gasteiger partial charge in [-0.15, -0.1) is 11.6 Å². The molecule has 5 heteroatoms. The van der Waals surface area contributed by atoms with Gasteiger partial charge in [-0.05, 0) is 18.2 Å². The van der Waals surface area contributed by atoms with Gasteiger partial charge in [-0.25, -0.2) is 0 Å². The number of nitrogens with two attached hydrogens (primary N) is 1. The topological polar surface area (TPSA) is 26.0 Å². The van der Waals surface area contributed by atoms with Crippen molar-refractivity contribution in [1.82, 2.24) is 0 Å². The highest BCUT2D eigenvalue weighted by molar-refractivity contribution is 6.18. The standard InChI is InChI=1S/C11H9ClF3N/c12-6-2-1-3-8-4-5-9(16)7-10(8)11(13,14)15/h4-5,7H,2,6,16H2. The maximum atomic E-state index is 12.6. The summed E-state index contributed by atoms with van der Waals surface area (Å²) in [6.07, 6.45) is -4.09. The molecule has 0 heterocycles. The van der Waals surface area contributed by atoms with Crippen LogP contribution < -0.4 is 5.73 Å². The van der Waals surface area contributed by atoms with Crippen molar-refractivity contribution in [2.75, 3.05) is 11.6 Å². The van der Waals surface area contributed by atoms with Crippen molar-refractivity contribution in [3.8, 4) is 11.8 Å². The third-order valence-corrected chi connectivity index (χ3v) is 1.98. The molecule has 1 rings (SSSR count). The summed E-state index contributed by atoms with van der Waals surface area (Å²) in [4.78, 5) is 0. The van der Waals surface area contributed by atoms with Gasteiger partial charge in [0, 0.05) is 23.6 Å². The predicted molar refractivity (Wildman–Crippen MR) is 58.1 cm³/mol. The van der Waals surface area contributed by atoms with Crippen LogP contribution >= 0.6 is 11.6 Å². The minimum absolute atomic E-state index is 0.0650. The van der Waals surface area contributed by atoms with Gasteiger partial charge in [0.15, 0.2) is 0 Å². The lowest BCUT2D eigenvalue weighted by atomic mass is 10.1. The van der Waals surface area contributed by atoms with E-state index in [1.165, 1.54) is 12.1 Å². The van der Waals surface area contributed by atoms with Crippen LogP contribution in [0.25, 0.3) is 0 Å². The Hall–Kier alpha value is -1.34. The van der Waals surface area contributed by atoms with E-state index in [-0.39, 0.29) is 11.3 Å². The van der Waals surface area contributed by atoms with Gasteiger partial charge in [0.05, 0.1) is 5.56 Å². The Bertz CT molecular complexity index is 429. The molecule has 0 bridgehead atoms. The summed E-state index contributed by atoms with van der Waals surface area (Å²) in [5.74, 6) is 5.29. The van der Waals surface area contributed by atoms with Gasteiger partial charge in [0.25, 0.3) is 0 Å². The minimum atomic E-state index is -4.44. The van der Waals surface area contributed by atoms with Gasteiger partial charge in [0.1, 0.15) is 0 Å². The maximum Gasteiger partial charge on any atom is 0.417 e. The fourth-order valence-electron chi connectivity index (χ4n) is 1.11. The number of rotatable bonds is 1. The molecule has 0 spiro atoms. The lowest BCUT2D eigenvalue weighted by Gasteiger charge is -2.09. The number of nitrogen functional groups attached to an aromatic ring is 1. The first-order valence-electron chi connectivity index (χ1n) is 4.46. The van der Waals surface area contributed by atoms with Crippen molar-refractivity contribution in [1.29, 1.82) is 0 Å². The number of hydrogen-bond acceptors (Lipinski definition) is 1. The lowest BCUT2D eigenvalue weighted by molar-refractivity contribution is -0.137. The fourth-order valence-corrected chi connectivity index (χ4v) is 1.20. The molecule has 86 valence electrons. The smallest absolute Gasteiger partial charge is 0.399 e. The van der Waals surface area contributed by atoms with Gasteiger partial charge in [-0.1, -0.05) is 11.8 Å². The molecule has 0 atom stereocenters. The molecule has 0 unspecified atom stereocenters. The Morgan fingerprint density at radius 3 is 2.56 bits per heavy atom. The molecule has 0 radical (unpaired) electrons. The molecule has 0 aliphatic heterocycles. The van der Waals surface area contributed by atoms with E-state index < -0.39 is 11.7 Å². The van der Waals surface area contributed by atoms with Crippen molar-refractivity contribution in [3.05, 3.63) is 29.3 Å². The van der Waals surface area contributed by atoms with Crippen LogP contribution in [0.1, 0.15) is 17.5 Å². The molecular formula is C11H9ClF3N. The molecule has 0 aromatic heterocycles. The molecule has 1 aromatic rings. The summed E-state index contributed by atoms with van der Waals surface area (Å²) < 4.78 is 37.8. The Kier molecular flexibility index (Phi) is 4.08. The second kappa shape index (κ2) is 5.13. The first-order chi connectivity index (χ1) is 7.45. The van der Waals surface area contributed by atoms with E-state index >= 15 is 0 Å². The monoisotopic (exact) mass is 247 g/mol. The van der Waals surface area contributed by atoms with Crippen LogP contribution in [0.2, 0.25) is 0 Å². The van der Waals surface area contributed by atoms with Crippen molar-refractivity contribution in [2.24, 2.45) is 0 Å². The lowest BCUT2D eigenvalue weighted by Crippen LogP contribution is -2.08. The maximum absolute atomic E-state index is 12.6. The molecule has 0 amide bonds. The number of alkyl halides is 4. The largest absolute Gasteiger partial charge is 0.417 e. The quantitative estimate of drug-likeness (QED) is 0.460. The minimum Gasteiger partial charge on any atom is -0.399 e. The summed E-state index contributed by atoms with van der Waals surface area (Å²) in [5, 5.41) is 0. The Morgan fingerprint density at radius 1 is 1.31 bits per heavy atom. The van der Waals surface area contributed by atoms with E-state index in [1.807, 2.05) is 0 Å². The third-order valence-electron chi connectivity index (χ3n) is 1.79. The van der Waals surface area contributed by atoms with Crippen LogP contribution in [0.5, 0.6) is 0 Å². The van der Waals surface area contributed by atoms with E-state index in [4.69, 9.17) is 17.3 Å². The highest BCUT2D eigenvalue weighted by Crippen LogP contribution is 2.32. The van der Waals surface area contributed by atoms with Gasteiger partial charge in [-0.2, -0.15) is 13.2 Å². The number of anilines is 1. The van der Waals surface area contributed by atoms with Crippen LogP contribution in [0.15, 0.2) is 18.2 Å². The molecule has 0 aliphatic rings. The molecule has 2 N–H and O–H groups in total. The van der Waals surface area contributed by atoms with Crippen LogP contribution in [0.4, 0.5) is 18.9 Å². The van der Waals surface area contributed by atoms with Crippen LogP contribution in [-0.4, -0.2) is 5.88 Å². The Morgan fingerprint density at radius 2 is 2.00 bits per heavy atom. The zero-order valence-corrected chi connectivity index (χ0v) is 8.99. The Balaban J connectivity index is 3.15. The summed E-state index contributed by atoms with van der Waals surface area (Å²) >= 11 is 5.38. The highest BCUT2D eigenvalue weighted by Gasteiger charge is 2.33. The van der Waals surface area contributed by atoms with Gasteiger partial charge in [0.2, 0.25) is 0 Å². The van der Waals surface area contributed by atoms with Crippen LogP contribution in [0, 0.1) is 11.8 Å². The second-order valence-corrected chi connectivity index (χ2v) is 3.42. The van der Waals surface area contributed by atoms with E-state index in [1.54, 1.807) is 0 Å². The zero-order chi connectivity index (χ0) is 12.2. The molecule has 0 saturated heterocycles. The molecule has 0 saturated carbocycles. The SMILES string of the molecule is Nc1ccc(C#CCCCl)c(C(F)(F)F)c1. The summed E-state index contributed by atoms with van der Waals surface area (Å²) in [5.41, 5.74) is 4.49. The first kappa shape index (κ1) is 12.7. The number of hydrogen-bond donors (Lipinski definition) is 1. The first-order valence-corrected chi connectivity index (χ1v) is 5.00. The van der Waals surface area contributed by atoms with E-state index in [2.05, 4.69) is 11.8 Å². The van der Waals surface area contributed by atoms with E-state index in [9.17, 15) is 13.2 Å². The molecule has 16 heavy (non-hydrogen) atoms. The van der Waals surface area contributed by atoms with Crippen molar-refractivity contribution >= 4 is 17.3 Å². The third kappa shape index (κ3) is 3.35. The summed E-state index contributed by atoms with van der Waals surface area (Å²) in [7, 11) is 0. The molecular weight excluding hydrogens is 239 g/mol. The molecule has 1 nitrogen and oxygen atoms in total.